The summed E-state index contributed by atoms with van der Waals surface area (Å²) in [5.41, 5.74) is 0.884. The van der Waals surface area contributed by atoms with Crippen LogP contribution >= 0.6 is 0 Å². The highest BCUT2D eigenvalue weighted by molar-refractivity contribution is 7.92. The topological polar surface area (TPSA) is 83.9 Å². The summed E-state index contributed by atoms with van der Waals surface area (Å²) in [6.45, 7) is 3.68. The number of rotatable bonds is 7. The second-order valence-corrected chi connectivity index (χ2v) is 9.67. The Morgan fingerprint density at radius 2 is 1.97 bits per heavy atom. The number of benzene rings is 2. The Morgan fingerprint density at radius 3 is 2.61 bits per heavy atom. The molecule has 0 amide bonds. The van der Waals surface area contributed by atoms with E-state index in [1.165, 1.54) is 0 Å². The molecule has 10 heteroatoms. The van der Waals surface area contributed by atoms with E-state index in [1.807, 2.05) is 19.9 Å². The van der Waals surface area contributed by atoms with Crippen molar-refractivity contribution < 1.29 is 36.2 Å². The monoisotopic (exact) mass is 483 g/mol. The van der Waals surface area contributed by atoms with Gasteiger partial charge in [-0.25, -0.2) is 8.42 Å². The van der Waals surface area contributed by atoms with E-state index >= 15 is 0 Å². The summed E-state index contributed by atoms with van der Waals surface area (Å²) in [4.78, 5) is 10.5. The number of anilines is 1. The van der Waals surface area contributed by atoms with Gasteiger partial charge < -0.3 is 9.84 Å². The second kappa shape index (κ2) is 9.46. The number of nitrogens with zero attached hydrogens (tertiary/aromatic N) is 1. The predicted molar refractivity (Wildman–Crippen MR) is 118 cm³/mol. The summed E-state index contributed by atoms with van der Waals surface area (Å²) in [5, 5.41) is 8.99. The first-order valence-electron chi connectivity index (χ1n) is 10.3. The Hall–Kier alpha value is -3.01. The van der Waals surface area contributed by atoms with Crippen LogP contribution in [0.15, 0.2) is 52.9 Å². The minimum Gasteiger partial charge on any atom is -0.486 e. The number of alkyl halides is 3. The first-order valence-corrected chi connectivity index (χ1v) is 11.8. The molecule has 1 N–H and O–H groups in total. The van der Waals surface area contributed by atoms with Gasteiger partial charge in [0.05, 0.1) is 22.7 Å². The molecule has 0 saturated heterocycles. The molecular formula is C23H24F3NO5S. The Balaban J connectivity index is 2.09. The zero-order chi connectivity index (χ0) is 24.4. The molecule has 6 nitrogen and oxygen atoms in total. The molecule has 1 aliphatic heterocycles. The summed E-state index contributed by atoms with van der Waals surface area (Å²) in [6, 6.07) is 8.49. The van der Waals surface area contributed by atoms with E-state index in [0.717, 1.165) is 34.5 Å². The summed E-state index contributed by atoms with van der Waals surface area (Å²) < 4.78 is 73.4. The van der Waals surface area contributed by atoms with Gasteiger partial charge in [0.15, 0.2) is 0 Å². The van der Waals surface area contributed by atoms with E-state index in [1.54, 1.807) is 18.2 Å². The summed E-state index contributed by atoms with van der Waals surface area (Å²) in [5.74, 6) is -0.842. The maximum atomic E-state index is 13.5. The number of hydrogen-bond donors (Lipinski definition) is 1. The molecule has 0 spiro atoms. The maximum Gasteiger partial charge on any atom is 0.416 e. The molecule has 0 fully saturated rings. The van der Waals surface area contributed by atoms with Gasteiger partial charge in [-0.15, -0.1) is 0 Å². The van der Waals surface area contributed by atoms with Crippen LogP contribution in [0.25, 0.3) is 6.08 Å². The van der Waals surface area contributed by atoms with Gasteiger partial charge >= 0.3 is 12.1 Å². The van der Waals surface area contributed by atoms with Gasteiger partial charge in [0.1, 0.15) is 11.9 Å². The van der Waals surface area contributed by atoms with Crippen molar-refractivity contribution in [1.29, 1.82) is 0 Å². The molecule has 33 heavy (non-hydrogen) atoms. The molecule has 1 heterocycles. The molecule has 0 aromatic heterocycles. The number of carboxylic acids is 1. The zero-order valence-corrected chi connectivity index (χ0v) is 18.9. The molecular weight excluding hydrogens is 459 g/mol. The number of ether oxygens (including phenoxy) is 1. The van der Waals surface area contributed by atoms with Crippen molar-refractivity contribution in [1.82, 2.24) is 0 Å². The fourth-order valence-corrected chi connectivity index (χ4v) is 4.97. The van der Waals surface area contributed by atoms with E-state index in [9.17, 15) is 26.4 Å². The van der Waals surface area contributed by atoms with Crippen molar-refractivity contribution in [3.05, 3.63) is 59.2 Å². The van der Waals surface area contributed by atoms with Crippen LogP contribution in [0, 0.1) is 0 Å². The Labute approximate surface area is 190 Å². The largest absolute Gasteiger partial charge is 0.486 e. The van der Waals surface area contributed by atoms with E-state index in [-0.39, 0.29) is 30.8 Å². The molecule has 178 valence electrons. The number of allylic oxidation sites excluding steroid dienone is 1. The molecule has 0 aliphatic carbocycles. The van der Waals surface area contributed by atoms with Crippen molar-refractivity contribution in [2.75, 3.05) is 10.8 Å². The van der Waals surface area contributed by atoms with E-state index < -0.39 is 38.7 Å². The molecule has 0 bridgehead atoms. The normalized spacial score (nSPS) is 16.8. The number of carboxylic acid groups (broad SMARTS) is 1. The first kappa shape index (κ1) is 24.6. The lowest BCUT2D eigenvalue weighted by molar-refractivity contribution is -0.138. The molecule has 2 aromatic carbocycles. The van der Waals surface area contributed by atoms with Crippen LogP contribution < -0.4 is 9.04 Å². The first-order chi connectivity index (χ1) is 15.4. The molecule has 0 radical (unpaired) electrons. The van der Waals surface area contributed by atoms with E-state index in [4.69, 9.17) is 9.84 Å². The lowest BCUT2D eigenvalue weighted by Crippen LogP contribution is -2.43. The van der Waals surface area contributed by atoms with Crippen molar-refractivity contribution in [2.45, 2.75) is 50.3 Å². The van der Waals surface area contributed by atoms with Crippen LogP contribution in [0.2, 0.25) is 0 Å². The third-order valence-electron chi connectivity index (χ3n) is 5.32. The van der Waals surface area contributed by atoms with Crippen molar-refractivity contribution >= 4 is 27.8 Å². The van der Waals surface area contributed by atoms with Crippen LogP contribution in [0.5, 0.6) is 5.75 Å². The lowest BCUT2D eigenvalue weighted by atomic mass is 10.1. The van der Waals surface area contributed by atoms with Gasteiger partial charge in [-0.3, -0.25) is 9.10 Å². The minimum absolute atomic E-state index is 0.0416. The number of sulfonamides is 1. The van der Waals surface area contributed by atoms with Gasteiger partial charge in [-0.2, -0.15) is 13.2 Å². The van der Waals surface area contributed by atoms with Crippen LogP contribution in [0.3, 0.4) is 0 Å². The quantitative estimate of drug-likeness (QED) is 0.575. The van der Waals surface area contributed by atoms with Crippen molar-refractivity contribution in [3.63, 3.8) is 0 Å². The SMILES string of the molecule is CC/C(C)=C\c1ccc2c(c1)N(S(=O)(=O)c1cccc(C(F)(F)F)c1)C[C@H](CCC(=O)O)O2. The number of aliphatic carboxylic acids is 1. The van der Waals surface area contributed by atoms with Crippen LogP contribution in [-0.4, -0.2) is 32.1 Å². The van der Waals surface area contributed by atoms with Crippen LogP contribution in [0.4, 0.5) is 18.9 Å². The zero-order valence-electron chi connectivity index (χ0n) is 18.1. The molecule has 1 aliphatic rings. The number of halogens is 3. The Morgan fingerprint density at radius 1 is 1.24 bits per heavy atom. The van der Waals surface area contributed by atoms with Crippen molar-refractivity contribution in [3.8, 4) is 5.75 Å². The van der Waals surface area contributed by atoms with Crippen LogP contribution in [-0.2, 0) is 21.0 Å². The summed E-state index contributed by atoms with van der Waals surface area (Å²) >= 11 is 0. The predicted octanol–water partition coefficient (Wildman–Crippen LogP) is 5.34. The standard InChI is InChI=1S/C23H24F3NO5S/c1-3-15(2)11-16-7-9-21-20(12-16)27(14-18(32-21)8-10-22(28)29)33(30,31)19-6-4-5-17(13-19)23(24,25)26/h4-7,9,11-13,18H,3,8,10,14H2,1-2H3,(H,28,29)/b15-11-/t18-/m0/s1. The van der Waals surface area contributed by atoms with Gasteiger partial charge in [-0.05, 0) is 55.7 Å². The highest BCUT2D eigenvalue weighted by Gasteiger charge is 2.37. The third-order valence-corrected chi connectivity index (χ3v) is 7.09. The van der Waals surface area contributed by atoms with Gasteiger partial charge in [0.2, 0.25) is 0 Å². The van der Waals surface area contributed by atoms with Gasteiger partial charge in [0.25, 0.3) is 10.0 Å². The number of hydrogen-bond acceptors (Lipinski definition) is 4. The Bertz CT molecular complexity index is 1170. The van der Waals surface area contributed by atoms with Gasteiger partial charge in [-0.1, -0.05) is 30.7 Å². The lowest BCUT2D eigenvalue weighted by Gasteiger charge is -2.35. The smallest absolute Gasteiger partial charge is 0.416 e. The third kappa shape index (κ3) is 5.68. The number of fused-ring (bicyclic) bond motifs is 1. The van der Waals surface area contributed by atoms with E-state index in [2.05, 4.69) is 0 Å². The molecule has 2 aromatic rings. The fourth-order valence-electron chi connectivity index (χ4n) is 3.43. The maximum absolute atomic E-state index is 13.5. The molecule has 0 unspecified atom stereocenters. The highest BCUT2D eigenvalue weighted by atomic mass is 32.2. The van der Waals surface area contributed by atoms with Gasteiger partial charge in [0, 0.05) is 6.42 Å². The summed E-state index contributed by atoms with van der Waals surface area (Å²) in [6.07, 6.45) is -3.00. The highest BCUT2D eigenvalue weighted by Crippen LogP contribution is 2.40. The summed E-state index contributed by atoms with van der Waals surface area (Å²) in [7, 11) is -4.40. The average molecular weight is 484 g/mol. The second-order valence-electron chi connectivity index (χ2n) is 7.81. The van der Waals surface area contributed by atoms with Crippen molar-refractivity contribution in [2.24, 2.45) is 0 Å². The Kier molecular flexibility index (Phi) is 7.06. The average Bonchev–Trinajstić information content (AvgIpc) is 2.76. The number of carbonyl (C=O) groups is 1. The van der Waals surface area contributed by atoms with Crippen LogP contribution in [0.1, 0.15) is 44.2 Å². The minimum atomic E-state index is -4.70. The molecule has 1 atom stereocenters. The molecule has 0 saturated carbocycles. The fraction of sp³-hybridized carbons (Fsp3) is 0.348. The molecule has 3 rings (SSSR count). The van der Waals surface area contributed by atoms with E-state index in [0.29, 0.717) is 11.6 Å².